The number of aryl methyl sites for hydroxylation is 1. The quantitative estimate of drug-likeness (QED) is 0.657. The summed E-state index contributed by atoms with van der Waals surface area (Å²) in [6.45, 7) is 10.6. The molecule has 3 rings (SSSR count). The van der Waals surface area contributed by atoms with Gasteiger partial charge in [0.2, 0.25) is 0 Å². The fourth-order valence-corrected chi connectivity index (χ4v) is 3.45. The van der Waals surface area contributed by atoms with Crippen molar-refractivity contribution in [2.75, 3.05) is 18.4 Å². The van der Waals surface area contributed by atoms with Gasteiger partial charge < -0.3 is 16.4 Å². The topological polar surface area (TPSA) is 63.0 Å². The van der Waals surface area contributed by atoms with Gasteiger partial charge in [0.1, 0.15) is 5.82 Å². The van der Waals surface area contributed by atoms with Crippen LogP contribution in [0.1, 0.15) is 64.5 Å². The van der Waals surface area contributed by atoms with E-state index < -0.39 is 0 Å². The van der Waals surface area contributed by atoms with E-state index >= 15 is 0 Å². The van der Waals surface area contributed by atoms with Gasteiger partial charge in [-0.15, -0.1) is 0 Å². The Balaban J connectivity index is 0.00000117. The Morgan fingerprint density at radius 3 is 2.54 bits per heavy atom. The zero-order chi connectivity index (χ0) is 18.9. The molecule has 0 bridgehead atoms. The summed E-state index contributed by atoms with van der Waals surface area (Å²) in [6, 6.07) is 2.75. The van der Waals surface area contributed by atoms with Crippen molar-refractivity contribution < 1.29 is 0 Å². The molecule has 0 aromatic carbocycles. The van der Waals surface area contributed by atoms with Crippen molar-refractivity contribution in [1.82, 2.24) is 10.3 Å². The molecule has 2 aliphatic rings. The van der Waals surface area contributed by atoms with Crippen LogP contribution in [0.25, 0.3) is 5.57 Å². The molecule has 1 aliphatic heterocycles. The Hall–Kier alpha value is -1.81. The van der Waals surface area contributed by atoms with Crippen molar-refractivity contribution >= 4 is 11.4 Å². The molecule has 0 amide bonds. The van der Waals surface area contributed by atoms with E-state index in [1.807, 2.05) is 20.0 Å². The third-order valence-electron chi connectivity index (χ3n) is 5.11. The van der Waals surface area contributed by atoms with Crippen LogP contribution in [0.15, 0.2) is 30.1 Å². The summed E-state index contributed by atoms with van der Waals surface area (Å²) < 4.78 is 0. The van der Waals surface area contributed by atoms with Crippen LogP contribution in [0.2, 0.25) is 0 Å². The Labute approximate surface area is 159 Å². The van der Waals surface area contributed by atoms with Crippen LogP contribution in [-0.2, 0) is 6.42 Å². The van der Waals surface area contributed by atoms with Gasteiger partial charge in [0, 0.05) is 12.2 Å². The van der Waals surface area contributed by atoms with Gasteiger partial charge >= 0.3 is 0 Å². The van der Waals surface area contributed by atoms with Crippen LogP contribution >= 0.6 is 0 Å². The highest BCUT2D eigenvalue weighted by atomic mass is 15.0. The first-order chi connectivity index (χ1) is 12.7. The van der Waals surface area contributed by atoms with Gasteiger partial charge in [-0.25, -0.2) is 4.98 Å². The second-order valence-electron chi connectivity index (χ2n) is 7.02. The number of hydrogen-bond donors (Lipinski definition) is 3. The van der Waals surface area contributed by atoms with Gasteiger partial charge in [-0.05, 0) is 92.6 Å². The first-order valence-electron chi connectivity index (χ1n) is 10.3. The lowest BCUT2D eigenvalue weighted by Crippen LogP contribution is -2.35. The van der Waals surface area contributed by atoms with Gasteiger partial charge in [0.05, 0.1) is 0 Å². The Morgan fingerprint density at radius 2 is 1.96 bits per heavy atom. The summed E-state index contributed by atoms with van der Waals surface area (Å²) in [6.07, 6.45) is 11.9. The van der Waals surface area contributed by atoms with Crippen LogP contribution in [0.5, 0.6) is 0 Å². The number of aromatic nitrogens is 1. The lowest BCUT2D eigenvalue weighted by Gasteiger charge is -2.24. The average molecular weight is 357 g/mol. The molecule has 1 saturated heterocycles. The van der Waals surface area contributed by atoms with E-state index in [0.29, 0.717) is 12.0 Å². The number of anilines is 1. The fraction of sp³-hybridized carbons (Fsp3) is 0.591. The molecular formula is C22H36N4. The lowest BCUT2D eigenvalue weighted by molar-refractivity contribution is 0.478. The first-order valence-corrected chi connectivity index (χ1v) is 10.3. The maximum Gasteiger partial charge on any atom is 0.126 e. The molecule has 0 spiro atoms. The summed E-state index contributed by atoms with van der Waals surface area (Å²) in [5.74, 6) is 1.68. The predicted molar refractivity (Wildman–Crippen MR) is 113 cm³/mol. The largest absolute Gasteiger partial charge is 0.404 e. The SMILES string of the molecule is CC.CCc1cc(NC2CCNCC2)ncc1/C(C)=C/C(=C\N)C1CC1. The van der Waals surface area contributed by atoms with E-state index in [4.69, 9.17) is 5.73 Å². The lowest BCUT2D eigenvalue weighted by atomic mass is 9.98. The van der Waals surface area contributed by atoms with Gasteiger partial charge in [0.25, 0.3) is 0 Å². The Bertz CT molecular complexity index is 623. The van der Waals surface area contributed by atoms with Crippen molar-refractivity contribution in [3.05, 3.63) is 41.2 Å². The summed E-state index contributed by atoms with van der Waals surface area (Å²) in [5.41, 5.74) is 10.9. The normalized spacial score (nSPS) is 18.9. The average Bonchev–Trinajstić information content (AvgIpc) is 3.53. The summed E-state index contributed by atoms with van der Waals surface area (Å²) in [5, 5.41) is 7.00. The molecule has 144 valence electrons. The molecule has 26 heavy (non-hydrogen) atoms. The predicted octanol–water partition coefficient (Wildman–Crippen LogP) is 4.49. The standard InChI is InChI=1S/C20H30N4.C2H6/c1-3-15-11-20(24-18-6-8-22-9-7-18)23-13-19(15)14(2)10-17(12-21)16-4-5-16;1-2/h10-13,16,18,22H,3-9,21H2,1-2H3,(H,23,24);1-2H3/b14-10+,17-12+;. The molecule has 0 atom stereocenters. The highest BCUT2D eigenvalue weighted by Gasteiger charge is 2.24. The molecule has 0 radical (unpaired) electrons. The number of nitrogens with one attached hydrogen (secondary N) is 2. The Kier molecular flexibility index (Phi) is 8.17. The number of nitrogens with zero attached hydrogens (tertiary/aromatic N) is 1. The number of nitrogens with two attached hydrogens (primary N) is 1. The zero-order valence-electron chi connectivity index (χ0n) is 16.9. The van der Waals surface area contributed by atoms with E-state index in [2.05, 4.69) is 41.6 Å². The van der Waals surface area contributed by atoms with Gasteiger partial charge in [-0.3, -0.25) is 0 Å². The number of rotatable bonds is 6. The van der Waals surface area contributed by atoms with E-state index in [9.17, 15) is 0 Å². The zero-order valence-corrected chi connectivity index (χ0v) is 16.9. The molecule has 1 aliphatic carbocycles. The third-order valence-corrected chi connectivity index (χ3v) is 5.11. The van der Waals surface area contributed by atoms with Crippen LogP contribution in [-0.4, -0.2) is 24.1 Å². The van der Waals surface area contributed by atoms with Crippen LogP contribution < -0.4 is 16.4 Å². The first kappa shape index (κ1) is 20.5. The highest BCUT2D eigenvalue weighted by Crippen LogP contribution is 2.38. The molecule has 1 saturated carbocycles. The third kappa shape index (κ3) is 5.60. The minimum Gasteiger partial charge on any atom is -0.404 e. The smallest absolute Gasteiger partial charge is 0.126 e. The number of piperidine rings is 1. The van der Waals surface area contributed by atoms with Gasteiger partial charge in [0.15, 0.2) is 0 Å². The molecule has 0 unspecified atom stereocenters. The Morgan fingerprint density at radius 1 is 1.27 bits per heavy atom. The summed E-state index contributed by atoms with van der Waals surface area (Å²) in [7, 11) is 0. The van der Waals surface area contributed by atoms with Crippen molar-refractivity contribution in [3.63, 3.8) is 0 Å². The molecule has 4 nitrogen and oxygen atoms in total. The fourth-order valence-electron chi connectivity index (χ4n) is 3.45. The van der Waals surface area contributed by atoms with Gasteiger partial charge in [-0.2, -0.15) is 0 Å². The van der Waals surface area contributed by atoms with Crippen LogP contribution in [0.3, 0.4) is 0 Å². The molecule has 4 heteroatoms. The van der Waals surface area contributed by atoms with Crippen LogP contribution in [0, 0.1) is 5.92 Å². The molecule has 1 aromatic heterocycles. The number of pyridine rings is 1. The van der Waals surface area contributed by atoms with Crippen molar-refractivity contribution in [3.8, 4) is 0 Å². The van der Waals surface area contributed by atoms with E-state index in [-0.39, 0.29) is 0 Å². The molecule has 2 heterocycles. The monoisotopic (exact) mass is 356 g/mol. The second-order valence-corrected chi connectivity index (χ2v) is 7.02. The van der Waals surface area contributed by atoms with E-state index in [1.165, 1.54) is 35.1 Å². The maximum absolute atomic E-state index is 5.80. The van der Waals surface area contributed by atoms with Crippen molar-refractivity contribution in [2.24, 2.45) is 11.7 Å². The minimum absolute atomic E-state index is 0.535. The van der Waals surface area contributed by atoms with E-state index in [0.717, 1.165) is 38.2 Å². The molecule has 1 aromatic rings. The molecule has 4 N–H and O–H groups in total. The van der Waals surface area contributed by atoms with E-state index in [1.54, 1.807) is 6.20 Å². The summed E-state index contributed by atoms with van der Waals surface area (Å²) in [4.78, 5) is 4.67. The van der Waals surface area contributed by atoms with Crippen molar-refractivity contribution in [1.29, 1.82) is 0 Å². The second kappa shape index (κ2) is 10.4. The molecule has 2 fully saturated rings. The highest BCUT2D eigenvalue weighted by molar-refractivity contribution is 5.70. The molecular weight excluding hydrogens is 320 g/mol. The van der Waals surface area contributed by atoms with Gasteiger partial charge in [-0.1, -0.05) is 26.8 Å². The summed E-state index contributed by atoms with van der Waals surface area (Å²) >= 11 is 0. The number of allylic oxidation sites excluding steroid dienone is 3. The number of hydrogen-bond acceptors (Lipinski definition) is 4. The van der Waals surface area contributed by atoms with Crippen LogP contribution in [0.4, 0.5) is 5.82 Å². The van der Waals surface area contributed by atoms with Crippen molar-refractivity contribution in [2.45, 2.75) is 65.8 Å². The maximum atomic E-state index is 5.80. The minimum atomic E-state index is 0.535.